The number of thioether (sulfide) groups is 1. The Hall–Kier alpha value is -2.12. The average Bonchev–Trinajstić information content (AvgIpc) is 2.98. The van der Waals surface area contributed by atoms with Crippen LogP contribution >= 0.6 is 23.1 Å². The summed E-state index contributed by atoms with van der Waals surface area (Å²) in [4.78, 5) is 31.8. The molecule has 0 aliphatic heterocycles. The summed E-state index contributed by atoms with van der Waals surface area (Å²) in [6.45, 7) is 3.92. The van der Waals surface area contributed by atoms with Crippen molar-refractivity contribution >= 4 is 44.9 Å². The molecule has 0 atom stereocenters. The van der Waals surface area contributed by atoms with E-state index in [1.807, 2.05) is 37.4 Å². The first-order chi connectivity index (χ1) is 11.0. The van der Waals surface area contributed by atoms with E-state index >= 15 is 0 Å². The standard InChI is InChI=1S/C16H15N3O2S2/c1-9-4-3-5-10(2)13(9)17-12(20)8-23-16-18-14(21)11-6-7-22-15(11)19-16/h3-7H,8H2,1-2H3,(H,17,20)(H,18,19,21). The Morgan fingerprint density at radius 1 is 1.30 bits per heavy atom. The van der Waals surface area contributed by atoms with Crippen molar-refractivity contribution in [2.75, 3.05) is 11.1 Å². The molecule has 1 aromatic carbocycles. The number of thiophene rings is 1. The Balaban J connectivity index is 1.69. The van der Waals surface area contributed by atoms with E-state index in [0.29, 0.717) is 15.4 Å². The van der Waals surface area contributed by atoms with E-state index in [1.165, 1.54) is 23.1 Å². The van der Waals surface area contributed by atoms with Crippen molar-refractivity contribution in [3.8, 4) is 0 Å². The van der Waals surface area contributed by atoms with Crippen LogP contribution in [0.4, 0.5) is 5.69 Å². The van der Waals surface area contributed by atoms with Gasteiger partial charge in [0.25, 0.3) is 5.56 Å². The van der Waals surface area contributed by atoms with Gasteiger partial charge in [-0.05, 0) is 36.4 Å². The van der Waals surface area contributed by atoms with Crippen LogP contribution in [0.3, 0.4) is 0 Å². The Kier molecular flexibility index (Phi) is 4.49. The molecular formula is C16H15N3O2S2. The van der Waals surface area contributed by atoms with E-state index in [4.69, 9.17) is 0 Å². The van der Waals surface area contributed by atoms with Gasteiger partial charge in [0.1, 0.15) is 4.83 Å². The highest BCUT2D eigenvalue weighted by Crippen LogP contribution is 2.21. The van der Waals surface area contributed by atoms with Gasteiger partial charge in [-0.25, -0.2) is 4.98 Å². The highest BCUT2D eigenvalue weighted by atomic mass is 32.2. The first-order valence-electron chi connectivity index (χ1n) is 7.01. The molecule has 0 saturated carbocycles. The zero-order valence-corrected chi connectivity index (χ0v) is 14.3. The molecule has 2 aromatic heterocycles. The second-order valence-electron chi connectivity index (χ2n) is 5.11. The Bertz CT molecular complexity index is 910. The van der Waals surface area contributed by atoms with Gasteiger partial charge in [0.05, 0.1) is 11.1 Å². The van der Waals surface area contributed by atoms with Crippen LogP contribution in [0.15, 0.2) is 39.6 Å². The van der Waals surface area contributed by atoms with Gasteiger partial charge in [-0.15, -0.1) is 11.3 Å². The molecule has 7 heteroatoms. The number of rotatable bonds is 4. The fraction of sp³-hybridized carbons (Fsp3) is 0.188. The number of fused-ring (bicyclic) bond motifs is 1. The number of carbonyl (C=O) groups excluding carboxylic acids is 1. The van der Waals surface area contributed by atoms with Gasteiger partial charge < -0.3 is 10.3 Å². The van der Waals surface area contributed by atoms with Gasteiger partial charge in [-0.3, -0.25) is 9.59 Å². The fourth-order valence-corrected chi connectivity index (χ4v) is 3.72. The zero-order valence-electron chi connectivity index (χ0n) is 12.7. The van der Waals surface area contributed by atoms with Gasteiger partial charge in [-0.1, -0.05) is 30.0 Å². The van der Waals surface area contributed by atoms with Crippen LogP contribution in [0.2, 0.25) is 0 Å². The quantitative estimate of drug-likeness (QED) is 0.562. The Morgan fingerprint density at radius 3 is 2.78 bits per heavy atom. The SMILES string of the molecule is Cc1cccc(C)c1NC(=O)CSc1nc2sccc2c(=O)[nH]1. The van der Waals surface area contributed by atoms with Crippen LogP contribution in [-0.4, -0.2) is 21.6 Å². The van der Waals surface area contributed by atoms with Gasteiger partial charge in [-0.2, -0.15) is 0 Å². The maximum atomic E-state index is 12.1. The molecule has 0 radical (unpaired) electrons. The van der Waals surface area contributed by atoms with E-state index in [-0.39, 0.29) is 17.2 Å². The van der Waals surface area contributed by atoms with Crippen molar-refractivity contribution in [2.45, 2.75) is 19.0 Å². The van der Waals surface area contributed by atoms with Crippen molar-refractivity contribution in [3.05, 3.63) is 51.1 Å². The largest absolute Gasteiger partial charge is 0.325 e. The molecule has 3 aromatic rings. The van der Waals surface area contributed by atoms with Gasteiger partial charge in [0.15, 0.2) is 5.16 Å². The number of benzene rings is 1. The van der Waals surface area contributed by atoms with E-state index in [0.717, 1.165) is 16.8 Å². The second-order valence-corrected chi connectivity index (χ2v) is 6.97. The predicted molar refractivity (Wildman–Crippen MR) is 95.5 cm³/mol. The molecule has 3 rings (SSSR count). The number of hydrogen-bond acceptors (Lipinski definition) is 5. The molecule has 23 heavy (non-hydrogen) atoms. The molecule has 0 aliphatic carbocycles. The molecule has 0 saturated heterocycles. The number of nitrogens with one attached hydrogen (secondary N) is 2. The third-order valence-electron chi connectivity index (χ3n) is 3.40. The predicted octanol–water partition coefficient (Wildman–Crippen LogP) is 3.33. The molecular weight excluding hydrogens is 330 g/mol. The lowest BCUT2D eigenvalue weighted by atomic mass is 10.1. The highest BCUT2D eigenvalue weighted by molar-refractivity contribution is 7.99. The molecule has 118 valence electrons. The summed E-state index contributed by atoms with van der Waals surface area (Å²) in [7, 11) is 0. The minimum Gasteiger partial charge on any atom is -0.325 e. The number of carbonyl (C=O) groups is 1. The lowest BCUT2D eigenvalue weighted by Gasteiger charge is -2.11. The first kappa shape index (κ1) is 15.8. The van der Waals surface area contributed by atoms with Crippen molar-refractivity contribution < 1.29 is 4.79 Å². The minimum absolute atomic E-state index is 0.124. The molecule has 0 spiro atoms. The summed E-state index contributed by atoms with van der Waals surface area (Å²) in [5.74, 6) is 0.0643. The number of hydrogen-bond donors (Lipinski definition) is 2. The van der Waals surface area contributed by atoms with E-state index < -0.39 is 0 Å². The lowest BCUT2D eigenvalue weighted by molar-refractivity contribution is -0.113. The lowest BCUT2D eigenvalue weighted by Crippen LogP contribution is -2.16. The highest BCUT2D eigenvalue weighted by Gasteiger charge is 2.10. The van der Waals surface area contributed by atoms with E-state index in [2.05, 4.69) is 15.3 Å². The van der Waals surface area contributed by atoms with Crippen molar-refractivity contribution in [1.29, 1.82) is 0 Å². The number of anilines is 1. The second kappa shape index (κ2) is 6.55. The Labute approximate surface area is 141 Å². The molecule has 0 bridgehead atoms. The molecule has 0 aliphatic rings. The van der Waals surface area contributed by atoms with Gasteiger partial charge in [0.2, 0.25) is 5.91 Å². The number of aryl methyl sites for hydroxylation is 2. The summed E-state index contributed by atoms with van der Waals surface area (Å²) in [6.07, 6.45) is 0. The smallest absolute Gasteiger partial charge is 0.260 e. The van der Waals surface area contributed by atoms with Crippen LogP contribution in [0.5, 0.6) is 0 Å². The van der Waals surface area contributed by atoms with Crippen LogP contribution in [0.25, 0.3) is 10.2 Å². The third-order valence-corrected chi connectivity index (χ3v) is 5.08. The molecule has 5 nitrogen and oxygen atoms in total. The third kappa shape index (κ3) is 3.46. The molecule has 2 heterocycles. The molecule has 0 unspecified atom stereocenters. The number of para-hydroxylation sites is 1. The number of H-pyrrole nitrogens is 1. The maximum Gasteiger partial charge on any atom is 0.260 e. The summed E-state index contributed by atoms with van der Waals surface area (Å²) in [5.41, 5.74) is 2.71. The van der Waals surface area contributed by atoms with Gasteiger partial charge in [0, 0.05) is 5.69 Å². The van der Waals surface area contributed by atoms with Gasteiger partial charge >= 0.3 is 0 Å². The zero-order chi connectivity index (χ0) is 16.4. The minimum atomic E-state index is -0.172. The summed E-state index contributed by atoms with van der Waals surface area (Å²) >= 11 is 2.63. The maximum absolute atomic E-state index is 12.1. The van der Waals surface area contributed by atoms with Crippen LogP contribution < -0.4 is 10.9 Å². The molecule has 1 amide bonds. The average molecular weight is 345 g/mol. The van der Waals surface area contributed by atoms with Crippen molar-refractivity contribution in [1.82, 2.24) is 9.97 Å². The Morgan fingerprint density at radius 2 is 2.04 bits per heavy atom. The van der Waals surface area contributed by atoms with E-state index in [1.54, 1.807) is 6.07 Å². The van der Waals surface area contributed by atoms with Crippen molar-refractivity contribution in [2.24, 2.45) is 0 Å². The number of amides is 1. The summed E-state index contributed by atoms with van der Waals surface area (Å²) in [5, 5.41) is 5.79. The van der Waals surface area contributed by atoms with Crippen LogP contribution in [-0.2, 0) is 4.79 Å². The molecule has 0 fully saturated rings. The topological polar surface area (TPSA) is 74.8 Å². The number of nitrogens with zero attached hydrogens (tertiary/aromatic N) is 1. The first-order valence-corrected chi connectivity index (χ1v) is 8.87. The normalized spacial score (nSPS) is 10.9. The fourth-order valence-electron chi connectivity index (χ4n) is 2.23. The van der Waals surface area contributed by atoms with Crippen LogP contribution in [0, 0.1) is 13.8 Å². The molecule has 2 N–H and O–H groups in total. The van der Waals surface area contributed by atoms with E-state index in [9.17, 15) is 9.59 Å². The number of aromatic nitrogens is 2. The van der Waals surface area contributed by atoms with Crippen molar-refractivity contribution in [3.63, 3.8) is 0 Å². The number of aromatic amines is 1. The van der Waals surface area contributed by atoms with Crippen LogP contribution in [0.1, 0.15) is 11.1 Å². The summed E-state index contributed by atoms with van der Waals surface area (Å²) in [6, 6.07) is 7.62. The summed E-state index contributed by atoms with van der Waals surface area (Å²) < 4.78 is 0. The monoisotopic (exact) mass is 345 g/mol.